The molecule has 4 rings (SSSR count). The Bertz CT molecular complexity index is 1020. The van der Waals surface area contributed by atoms with Gasteiger partial charge in [0.1, 0.15) is 6.26 Å². The lowest BCUT2D eigenvalue weighted by atomic mass is 10.1. The van der Waals surface area contributed by atoms with Crippen LogP contribution < -0.4 is 10.6 Å². The van der Waals surface area contributed by atoms with Gasteiger partial charge in [-0.15, -0.1) is 0 Å². The van der Waals surface area contributed by atoms with Gasteiger partial charge in [0.25, 0.3) is 5.91 Å². The van der Waals surface area contributed by atoms with Gasteiger partial charge in [-0.2, -0.15) is 0 Å². The van der Waals surface area contributed by atoms with Crippen molar-refractivity contribution in [1.82, 2.24) is 20.5 Å². The zero-order valence-corrected chi connectivity index (χ0v) is 18.0. The van der Waals surface area contributed by atoms with Gasteiger partial charge in [-0.3, -0.25) is 9.59 Å². The van der Waals surface area contributed by atoms with Crippen molar-refractivity contribution in [2.45, 2.75) is 25.8 Å². The molecule has 2 amide bonds. The number of hydrogen-bond donors (Lipinski definition) is 2. The lowest BCUT2D eigenvalue weighted by molar-refractivity contribution is -0.120. The lowest BCUT2D eigenvalue weighted by Gasteiger charge is -2.14. The molecular weight excluding hydrogens is 404 g/mol. The van der Waals surface area contributed by atoms with E-state index in [1.165, 1.54) is 19.1 Å². The highest BCUT2D eigenvalue weighted by molar-refractivity contribution is 5.94. The highest BCUT2D eigenvalue weighted by Crippen LogP contribution is 2.18. The molecule has 32 heavy (non-hydrogen) atoms. The van der Waals surface area contributed by atoms with Gasteiger partial charge in [0, 0.05) is 30.8 Å². The summed E-state index contributed by atoms with van der Waals surface area (Å²) in [7, 11) is 0. The predicted molar refractivity (Wildman–Crippen MR) is 122 cm³/mol. The number of benzene rings is 2. The predicted octanol–water partition coefficient (Wildman–Crippen LogP) is 3.03. The van der Waals surface area contributed by atoms with Crippen LogP contribution in [0.4, 0.5) is 0 Å². The Morgan fingerprint density at radius 2 is 1.72 bits per heavy atom. The summed E-state index contributed by atoms with van der Waals surface area (Å²) in [4.78, 5) is 31.3. The van der Waals surface area contributed by atoms with Crippen molar-refractivity contribution in [3.05, 3.63) is 77.7 Å². The first-order valence-electron chi connectivity index (χ1n) is 11.0. The first-order valence-corrected chi connectivity index (χ1v) is 11.0. The number of carbonyl (C=O) groups is 2. The fourth-order valence-corrected chi connectivity index (χ4v) is 3.74. The molecule has 2 aromatic carbocycles. The normalized spacial score (nSPS) is 13.8. The second-order valence-electron chi connectivity index (χ2n) is 7.97. The summed E-state index contributed by atoms with van der Waals surface area (Å²) < 4.78 is 5.48. The number of oxazole rings is 1. The Balaban J connectivity index is 1.20. The number of likely N-dealkylation sites (tertiary alicyclic amines) is 1. The molecule has 0 radical (unpaired) electrons. The average Bonchev–Trinajstić information content (AvgIpc) is 3.51. The number of amides is 2. The van der Waals surface area contributed by atoms with E-state index in [-0.39, 0.29) is 18.2 Å². The maximum Gasteiger partial charge on any atom is 0.251 e. The number of aromatic nitrogens is 1. The van der Waals surface area contributed by atoms with E-state index in [0.717, 1.165) is 30.8 Å². The van der Waals surface area contributed by atoms with Gasteiger partial charge in [-0.05, 0) is 55.8 Å². The summed E-state index contributed by atoms with van der Waals surface area (Å²) in [6.07, 6.45) is 4.16. The van der Waals surface area contributed by atoms with Crippen LogP contribution in [-0.4, -0.2) is 47.9 Å². The molecule has 166 valence electrons. The summed E-state index contributed by atoms with van der Waals surface area (Å²) in [6, 6.07) is 16.9. The smallest absolute Gasteiger partial charge is 0.251 e. The van der Waals surface area contributed by atoms with Crippen LogP contribution in [0.15, 0.2) is 65.3 Å². The molecule has 0 bridgehead atoms. The second-order valence-corrected chi connectivity index (χ2v) is 7.97. The maximum atomic E-state index is 12.3. The van der Waals surface area contributed by atoms with Gasteiger partial charge in [0.05, 0.1) is 12.1 Å². The van der Waals surface area contributed by atoms with Crippen LogP contribution in [0.3, 0.4) is 0 Å². The van der Waals surface area contributed by atoms with E-state index in [4.69, 9.17) is 4.42 Å². The van der Waals surface area contributed by atoms with Crippen LogP contribution in [0.2, 0.25) is 0 Å². The van der Waals surface area contributed by atoms with Crippen molar-refractivity contribution in [2.24, 2.45) is 0 Å². The van der Waals surface area contributed by atoms with Gasteiger partial charge in [0.15, 0.2) is 0 Å². The Morgan fingerprint density at radius 3 is 2.47 bits per heavy atom. The summed E-state index contributed by atoms with van der Waals surface area (Å²) >= 11 is 0. The molecule has 0 spiro atoms. The van der Waals surface area contributed by atoms with Crippen LogP contribution in [0.5, 0.6) is 0 Å². The van der Waals surface area contributed by atoms with Crippen LogP contribution in [-0.2, 0) is 17.8 Å². The Morgan fingerprint density at radius 1 is 0.969 bits per heavy atom. The van der Waals surface area contributed by atoms with Crippen LogP contribution in [0.25, 0.3) is 11.5 Å². The first kappa shape index (κ1) is 21.8. The zero-order chi connectivity index (χ0) is 22.2. The monoisotopic (exact) mass is 432 g/mol. The molecule has 2 heterocycles. The Hall–Kier alpha value is -3.45. The molecule has 3 aromatic rings. The molecule has 0 unspecified atom stereocenters. The topological polar surface area (TPSA) is 87.5 Å². The average molecular weight is 433 g/mol. The van der Waals surface area contributed by atoms with Crippen molar-refractivity contribution >= 4 is 11.8 Å². The fraction of sp³-hybridized carbons (Fsp3) is 0.320. The molecule has 0 aliphatic carbocycles. The number of nitrogens with one attached hydrogen (secondary N) is 2. The van der Waals surface area contributed by atoms with E-state index in [1.807, 2.05) is 42.5 Å². The van der Waals surface area contributed by atoms with Crippen molar-refractivity contribution in [3.63, 3.8) is 0 Å². The molecule has 1 aromatic heterocycles. The Labute approximate surface area is 187 Å². The molecule has 2 N–H and O–H groups in total. The third-order valence-corrected chi connectivity index (χ3v) is 5.53. The minimum Gasteiger partial charge on any atom is -0.444 e. The molecule has 0 atom stereocenters. The van der Waals surface area contributed by atoms with E-state index in [1.54, 1.807) is 12.1 Å². The molecule has 1 saturated heterocycles. The van der Waals surface area contributed by atoms with Gasteiger partial charge in [-0.1, -0.05) is 30.3 Å². The third kappa shape index (κ3) is 6.04. The van der Waals surface area contributed by atoms with Gasteiger partial charge in [0.2, 0.25) is 11.8 Å². The Kier molecular flexibility index (Phi) is 7.30. The quantitative estimate of drug-likeness (QED) is 0.543. The van der Waals surface area contributed by atoms with E-state index in [0.29, 0.717) is 30.2 Å². The van der Waals surface area contributed by atoms with Crippen LogP contribution in [0, 0.1) is 0 Å². The molecule has 7 heteroatoms. The molecule has 0 saturated carbocycles. The van der Waals surface area contributed by atoms with Crippen molar-refractivity contribution in [2.75, 3.05) is 26.2 Å². The second kappa shape index (κ2) is 10.7. The largest absolute Gasteiger partial charge is 0.444 e. The van der Waals surface area contributed by atoms with Crippen LogP contribution >= 0.6 is 0 Å². The summed E-state index contributed by atoms with van der Waals surface area (Å²) in [6.45, 7) is 4.19. The highest BCUT2D eigenvalue weighted by atomic mass is 16.3. The molecular formula is C25H28N4O3. The fourth-order valence-electron chi connectivity index (χ4n) is 3.74. The summed E-state index contributed by atoms with van der Waals surface area (Å²) in [5.41, 5.74) is 3.01. The number of carbonyl (C=O) groups excluding carboxylic acids is 2. The van der Waals surface area contributed by atoms with E-state index in [9.17, 15) is 9.59 Å². The van der Waals surface area contributed by atoms with Crippen molar-refractivity contribution in [3.8, 4) is 11.5 Å². The highest BCUT2D eigenvalue weighted by Gasteiger charge is 2.12. The SMILES string of the molecule is O=C(Cc1coc(-c2ccccc2)n1)NCc1ccc(C(=O)NCCN2CCCC2)cc1. The number of hydrogen-bond acceptors (Lipinski definition) is 5. The maximum absolute atomic E-state index is 12.3. The minimum absolute atomic E-state index is 0.0694. The number of nitrogens with zero attached hydrogens (tertiary/aromatic N) is 2. The summed E-state index contributed by atoms with van der Waals surface area (Å²) in [5.74, 6) is 0.296. The molecule has 1 aliphatic heterocycles. The third-order valence-electron chi connectivity index (χ3n) is 5.53. The van der Waals surface area contributed by atoms with Gasteiger partial charge >= 0.3 is 0 Å². The van der Waals surface area contributed by atoms with Gasteiger partial charge < -0.3 is 20.0 Å². The minimum atomic E-state index is -0.137. The summed E-state index contributed by atoms with van der Waals surface area (Å²) in [5, 5.41) is 5.85. The van der Waals surface area contributed by atoms with E-state index >= 15 is 0 Å². The van der Waals surface area contributed by atoms with E-state index in [2.05, 4.69) is 20.5 Å². The molecule has 7 nitrogen and oxygen atoms in total. The van der Waals surface area contributed by atoms with Gasteiger partial charge in [-0.25, -0.2) is 4.98 Å². The standard InChI is InChI=1S/C25H28N4O3/c30-23(16-22-18-32-25(28-22)21-6-2-1-3-7-21)27-17-19-8-10-20(11-9-19)24(31)26-12-15-29-13-4-5-14-29/h1-3,6-11,18H,4-5,12-17H2,(H,26,31)(H,27,30). The zero-order valence-electron chi connectivity index (χ0n) is 18.0. The molecule has 1 fully saturated rings. The molecule has 1 aliphatic rings. The van der Waals surface area contributed by atoms with Crippen molar-refractivity contribution in [1.29, 1.82) is 0 Å². The number of rotatable bonds is 9. The van der Waals surface area contributed by atoms with E-state index < -0.39 is 0 Å². The lowest BCUT2D eigenvalue weighted by Crippen LogP contribution is -2.33. The first-order chi connectivity index (χ1) is 15.7. The van der Waals surface area contributed by atoms with Crippen LogP contribution in [0.1, 0.15) is 34.5 Å². The van der Waals surface area contributed by atoms with Crippen molar-refractivity contribution < 1.29 is 14.0 Å².